The third-order valence-electron chi connectivity index (χ3n) is 5.75. The van der Waals surface area contributed by atoms with Crippen molar-refractivity contribution < 1.29 is 22.7 Å². The lowest BCUT2D eigenvalue weighted by Gasteiger charge is -2.31. The van der Waals surface area contributed by atoms with Crippen LogP contribution in [-0.4, -0.2) is 46.4 Å². The van der Waals surface area contributed by atoms with Gasteiger partial charge in [0.15, 0.2) is 0 Å². The van der Waals surface area contributed by atoms with Crippen molar-refractivity contribution in [3.8, 4) is 0 Å². The van der Waals surface area contributed by atoms with Crippen molar-refractivity contribution in [2.75, 3.05) is 7.05 Å². The third kappa shape index (κ3) is 3.59. The summed E-state index contributed by atoms with van der Waals surface area (Å²) >= 11 is 0. The fourth-order valence-electron chi connectivity index (χ4n) is 4.18. The molecular weight excluding hydrogens is 409 g/mol. The first kappa shape index (κ1) is 20.5. The SMILES string of the molecule is CN(C1CCc2c(c3ncccc3n2CCC(=O)O)C1)S(=O)(=O)c1ccc(F)cc1. The van der Waals surface area contributed by atoms with Crippen LogP contribution in [0.25, 0.3) is 11.0 Å². The van der Waals surface area contributed by atoms with E-state index in [4.69, 9.17) is 5.11 Å². The molecule has 0 fully saturated rings. The zero-order valence-corrected chi connectivity index (χ0v) is 17.3. The smallest absolute Gasteiger partial charge is 0.305 e. The van der Waals surface area contributed by atoms with Gasteiger partial charge < -0.3 is 9.67 Å². The second kappa shape index (κ2) is 7.81. The zero-order valence-electron chi connectivity index (χ0n) is 16.5. The Kier molecular flexibility index (Phi) is 5.33. The van der Waals surface area contributed by atoms with Crippen LogP contribution in [0.4, 0.5) is 4.39 Å². The fraction of sp³-hybridized carbons (Fsp3) is 0.333. The minimum Gasteiger partial charge on any atom is -0.481 e. The number of hydrogen-bond donors (Lipinski definition) is 1. The van der Waals surface area contributed by atoms with Crippen molar-refractivity contribution >= 4 is 27.0 Å². The van der Waals surface area contributed by atoms with E-state index >= 15 is 0 Å². The molecule has 7 nitrogen and oxygen atoms in total. The Balaban J connectivity index is 1.67. The summed E-state index contributed by atoms with van der Waals surface area (Å²) in [6, 6.07) is 8.28. The molecule has 9 heteroatoms. The molecule has 0 amide bonds. The average Bonchev–Trinajstić information content (AvgIpc) is 3.05. The standard InChI is InChI=1S/C21H22FN3O4S/c1-24(30(28,29)16-7-4-14(22)5-8-16)15-6-9-18-17(13-15)21-19(3-2-11-23-21)25(18)12-10-20(26)27/h2-5,7-8,11,15H,6,9-10,12-13H2,1H3,(H,26,27). The van der Waals surface area contributed by atoms with Crippen LogP contribution in [0.2, 0.25) is 0 Å². The molecule has 3 aromatic rings. The molecule has 1 unspecified atom stereocenters. The normalized spacial score (nSPS) is 16.7. The Hall–Kier alpha value is -2.78. The Morgan fingerprint density at radius 3 is 2.73 bits per heavy atom. The fourth-order valence-corrected chi connectivity index (χ4v) is 5.56. The highest BCUT2D eigenvalue weighted by Gasteiger charge is 2.33. The molecule has 1 aromatic carbocycles. The van der Waals surface area contributed by atoms with Gasteiger partial charge in [-0.1, -0.05) is 0 Å². The number of carboxylic acids is 1. The summed E-state index contributed by atoms with van der Waals surface area (Å²) in [7, 11) is -2.22. The molecule has 30 heavy (non-hydrogen) atoms. The van der Waals surface area contributed by atoms with Gasteiger partial charge in [-0.3, -0.25) is 9.78 Å². The second-order valence-electron chi connectivity index (χ2n) is 7.46. The van der Waals surface area contributed by atoms with Crippen molar-refractivity contribution in [3.05, 3.63) is 59.7 Å². The van der Waals surface area contributed by atoms with Gasteiger partial charge in [-0.25, -0.2) is 12.8 Å². The number of halogens is 1. The Labute approximate surface area is 173 Å². The zero-order chi connectivity index (χ0) is 21.5. The van der Waals surface area contributed by atoms with E-state index in [1.807, 2.05) is 16.7 Å². The number of rotatable bonds is 6. The van der Waals surface area contributed by atoms with Crippen LogP contribution < -0.4 is 0 Å². The molecule has 0 spiro atoms. The Bertz CT molecular complexity index is 1200. The van der Waals surface area contributed by atoms with Gasteiger partial charge in [-0.15, -0.1) is 0 Å². The molecule has 1 atom stereocenters. The highest BCUT2D eigenvalue weighted by atomic mass is 32.2. The van der Waals surface area contributed by atoms with Gasteiger partial charge in [0, 0.05) is 37.1 Å². The summed E-state index contributed by atoms with van der Waals surface area (Å²) in [5.74, 6) is -1.35. The number of aromatic nitrogens is 2. The largest absolute Gasteiger partial charge is 0.481 e. The summed E-state index contributed by atoms with van der Waals surface area (Å²) in [6.45, 7) is 0.348. The van der Waals surface area contributed by atoms with Crippen LogP contribution in [0.3, 0.4) is 0 Å². The summed E-state index contributed by atoms with van der Waals surface area (Å²) < 4.78 is 42.6. The van der Waals surface area contributed by atoms with Gasteiger partial charge >= 0.3 is 5.97 Å². The van der Waals surface area contributed by atoms with Gasteiger partial charge in [0.1, 0.15) is 5.82 Å². The van der Waals surface area contributed by atoms with E-state index in [0.717, 1.165) is 34.4 Å². The van der Waals surface area contributed by atoms with E-state index in [-0.39, 0.29) is 17.4 Å². The van der Waals surface area contributed by atoms with Crippen molar-refractivity contribution in [1.29, 1.82) is 0 Å². The van der Waals surface area contributed by atoms with Crippen LogP contribution in [0.5, 0.6) is 0 Å². The molecule has 2 aromatic heterocycles. The lowest BCUT2D eigenvalue weighted by atomic mass is 9.92. The molecule has 0 radical (unpaired) electrons. The Morgan fingerprint density at radius 1 is 1.30 bits per heavy atom. The van der Waals surface area contributed by atoms with E-state index in [2.05, 4.69) is 4.98 Å². The van der Waals surface area contributed by atoms with Gasteiger partial charge in [-0.05, 0) is 55.7 Å². The summed E-state index contributed by atoms with van der Waals surface area (Å²) in [5, 5.41) is 9.09. The average molecular weight is 431 g/mol. The van der Waals surface area contributed by atoms with E-state index in [9.17, 15) is 17.6 Å². The number of benzene rings is 1. The molecule has 0 aliphatic heterocycles. The summed E-state index contributed by atoms with van der Waals surface area (Å²) in [6.07, 6.45) is 3.41. The number of likely N-dealkylation sites (N-methyl/N-ethyl adjacent to an activating group) is 1. The maximum absolute atomic E-state index is 13.2. The minimum atomic E-state index is -3.76. The quantitative estimate of drug-likeness (QED) is 0.648. The first-order valence-electron chi connectivity index (χ1n) is 9.69. The van der Waals surface area contributed by atoms with Gasteiger partial charge in [0.25, 0.3) is 0 Å². The molecule has 1 aliphatic rings. The first-order valence-corrected chi connectivity index (χ1v) is 11.1. The van der Waals surface area contributed by atoms with Crippen molar-refractivity contribution in [1.82, 2.24) is 13.9 Å². The monoisotopic (exact) mass is 431 g/mol. The summed E-state index contributed by atoms with van der Waals surface area (Å²) in [4.78, 5) is 15.6. The van der Waals surface area contributed by atoms with Gasteiger partial charge in [0.05, 0.1) is 22.3 Å². The number of carboxylic acid groups (broad SMARTS) is 1. The number of aliphatic carboxylic acids is 1. The molecule has 158 valence electrons. The van der Waals surface area contributed by atoms with Crippen LogP contribution in [0.1, 0.15) is 24.1 Å². The number of carbonyl (C=O) groups is 1. The van der Waals surface area contributed by atoms with Crippen LogP contribution >= 0.6 is 0 Å². The molecule has 4 rings (SSSR count). The molecule has 0 saturated heterocycles. The second-order valence-corrected chi connectivity index (χ2v) is 9.46. The highest BCUT2D eigenvalue weighted by molar-refractivity contribution is 7.89. The van der Waals surface area contributed by atoms with Gasteiger partial charge in [0.2, 0.25) is 10.0 Å². The number of fused-ring (bicyclic) bond motifs is 3. The van der Waals surface area contributed by atoms with Crippen molar-refractivity contribution in [2.45, 2.75) is 43.2 Å². The summed E-state index contributed by atoms with van der Waals surface area (Å²) in [5.41, 5.74) is 3.64. The maximum Gasteiger partial charge on any atom is 0.305 e. The molecule has 0 saturated carbocycles. The van der Waals surface area contributed by atoms with Crippen LogP contribution in [-0.2, 0) is 34.2 Å². The van der Waals surface area contributed by atoms with Crippen molar-refractivity contribution in [2.24, 2.45) is 0 Å². The van der Waals surface area contributed by atoms with E-state index in [1.54, 1.807) is 13.2 Å². The molecule has 1 N–H and O–H groups in total. The first-order chi connectivity index (χ1) is 14.3. The Morgan fingerprint density at radius 2 is 2.03 bits per heavy atom. The molecule has 1 aliphatic carbocycles. The number of sulfonamides is 1. The number of nitrogens with zero attached hydrogens (tertiary/aromatic N) is 3. The topological polar surface area (TPSA) is 92.5 Å². The van der Waals surface area contributed by atoms with E-state index < -0.39 is 21.8 Å². The number of hydrogen-bond acceptors (Lipinski definition) is 4. The maximum atomic E-state index is 13.2. The molecule has 0 bridgehead atoms. The highest BCUT2D eigenvalue weighted by Crippen LogP contribution is 2.34. The number of aryl methyl sites for hydroxylation is 1. The third-order valence-corrected chi connectivity index (χ3v) is 7.67. The van der Waals surface area contributed by atoms with Crippen LogP contribution in [0, 0.1) is 5.82 Å². The molecular formula is C21H22FN3O4S. The molecule has 2 heterocycles. The minimum absolute atomic E-state index is 0.00733. The van der Waals surface area contributed by atoms with E-state index in [0.29, 0.717) is 25.8 Å². The van der Waals surface area contributed by atoms with Crippen molar-refractivity contribution in [3.63, 3.8) is 0 Å². The predicted octanol–water partition coefficient (Wildman–Crippen LogP) is 2.83. The van der Waals surface area contributed by atoms with Gasteiger partial charge in [-0.2, -0.15) is 4.31 Å². The number of pyridine rings is 1. The van der Waals surface area contributed by atoms with E-state index in [1.165, 1.54) is 16.4 Å². The lowest BCUT2D eigenvalue weighted by Crippen LogP contribution is -2.40. The lowest BCUT2D eigenvalue weighted by molar-refractivity contribution is -0.137. The predicted molar refractivity (Wildman–Crippen MR) is 109 cm³/mol. The van der Waals surface area contributed by atoms with Crippen LogP contribution in [0.15, 0.2) is 47.5 Å².